The van der Waals surface area contributed by atoms with E-state index in [2.05, 4.69) is 5.32 Å². The molecule has 12 heteroatoms. The molecule has 2 heterocycles. The maximum absolute atomic E-state index is 13.1. The van der Waals surface area contributed by atoms with Crippen molar-refractivity contribution in [1.82, 2.24) is 19.4 Å². The molecule has 2 amide bonds. The molecule has 2 aliphatic rings. The predicted octanol–water partition coefficient (Wildman–Crippen LogP) is 3.51. The third-order valence-electron chi connectivity index (χ3n) is 6.44. The fraction of sp³-hybridized carbons (Fsp3) is 0.360. The van der Waals surface area contributed by atoms with E-state index in [9.17, 15) is 18.0 Å². The summed E-state index contributed by atoms with van der Waals surface area (Å²) in [4.78, 5) is 29.6. The molecule has 1 fully saturated rings. The van der Waals surface area contributed by atoms with Crippen molar-refractivity contribution in [2.24, 2.45) is 0 Å². The van der Waals surface area contributed by atoms with E-state index < -0.39 is 22.0 Å². The molecular formula is C25H28Cl2N4O5S. The maximum atomic E-state index is 13.1. The number of piperazine rings is 1. The number of carbonyl (C=O) groups is 2. The highest BCUT2D eigenvalue weighted by Gasteiger charge is 2.39. The molecule has 0 saturated carbocycles. The van der Waals surface area contributed by atoms with Gasteiger partial charge in [0.1, 0.15) is 0 Å². The monoisotopic (exact) mass is 566 g/mol. The smallest absolute Gasteiger partial charge is 0.338 e. The zero-order chi connectivity index (χ0) is 26.7. The van der Waals surface area contributed by atoms with Crippen LogP contribution in [0.25, 0.3) is 0 Å². The van der Waals surface area contributed by atoms with Crippen molar-refractivity contribution in [3.05, 3.63) is 75.4 Å². The number of amides is 2. The molecule has 4 rings (SSSR count). The van der Waals surface area contributed by atoms with Crippen LogP contribution in [0.15, 0.2) is 64.7 Å². The molecule has 9 nitrogen and oxygen atoms in total. The number of esters is 1. The van der Waals surface area contributed by atoms with Gasteiger partial charge < -0.3 is 10.1 Å². The fourth-order valence-corrected chi connectivity index (χ4v) is 6.23. The van der Waals surface area contributed by atoms with Crippen LogP contribution in [0.5, 0.6) is 0 Å². The predicted molar refractivity (Wildman–Crippen MR) is 141 cm³/mol. The van der Waals surface area contributed by atoms with Crippen LogP contribution in [0.3, 0.4) is 0 Å². The van der Waals surface area contributed by atoms with E-state index in [1.807, 2.05) is 4.90 Å². The van der Waals surface area contributed by atoms with Crippen molar-refractivity contribution in [2.45, 2.75) is 17.9 Å². The minimum atomic E-state index is -3.66. The number of sulfonamides is 1. The molecule has 0 aliphatic carbocycles. The van der Waals surface area contributed by atoms with Crippen LogP contribution in [-0.2, 0) is 19.6 Å². The van der Waals surface area contributed by atoms with Gasteiger partial charge in [-0.15, -0.1) is 0 Å². The normalized spacial score (nSPS) is 19.6. The third-order valence-corrected chi connectivity index (χ3v) is 8.95. The van der Waals surface area contributed by atoms with Crippen LogP contribution < -0.4 is 5.32 Å². The second-order valence-electron chi connectivity index (χ2n) is 8.68. The summed E-state index contributed by atoms with van der Waals surface area (Å²) in [7, 11) is -2.07. The highest BCUT2D eigenvalue weighted by molar-refractivity contribution is 7.89. The summed E-state index contributed by atoms with van der Waals surface area (Å²) >= 11 is 12.3. The summed E-state index contributed by atoms with van der Waals surface area (Å²) in [6.45, 7) is 3.50. The first-order valence-electron chi connectivity index (χ1n) is 11.8. The number of benzene rings is 2. The SMILES string of the molecule is CCOC(=O)C1=C(CN2CCN(S(=O)(=O)c3ccc(Cl)cc3)CC2)N(C)C(=O)N[C@@H]1c1ccccc1Cl. The van der Waals surface area contributed by atoms with Crippen molar-refractivity contribution in [3.63, 3.8) is 0 Å². The Balaban J connectivity index is 1.59. The molecule has 2 aliphatic heterocycles. The van der Waals surface area contributed by atoms with E-state index in [4.69, 9.17) is 27.9 Å². The molecule has 198 valence electrons. The summed E-state index contributed by atoms with van der Waals surface area (Å²) in [5.41, 5.74) is 1.37. The van der Waals surface area contributed by atoms with E-state index >= 15 is 0 Å². The lowest BCUT2D eigenvalue weighted by Crippen LogP contribution is -2.53. The first-order valence-corrected chi connectivity index (χ1v) is 14.0. The van der Waals surface area contributed by atoms with E-state index in [0.29, 0.717) is 40.0 Å². The zero-order valence-electron chi connectivity index (χ0n) is 20.5. The Bertz CT molecular complexity index is 1310. The van der Waals surface area contributed by atoms with E-state index in [0.717, 1.165) is 0 Å². The number of urea groups is 1. The number of halogens is 2. The molecule has 0 bridgehead atoms. The number of hydrogen-bond acceptors (Lipinski definition) is 6. The van der Waals surface area contributed by atoms with E-state index in [1.165, 1.54) is 21.3 Å². The highest BCUT2D eigenvalue weighted by Crippen LogP contribution is 2.35. The largest absolute Gasteiger partial charge is 0.463 e. The summed E-state index contributed by atoms with van der Waals surface area (Å²) in [6, 6.07) is 11.9. The summed E-state index contributed by atoms with van der Waals surface area (Å²) < 4.78 is 32.9. The van der Waals surface area contributed by atoms with E-state index in [1.54, 1.807) is 50.4 Å². The topological polar surface area (TPSA) is 99.3 Å². The maximum Gasteiger partial charge on any atom is 0.338 e. The molecule has 1 saturated heterocycles. The van der Waals surface area contributed by atoms with Crippen LogP contribution in [0, 0.1) is 0 Å². The van der Waals surface area contributed by atoms with Gasteiger partial charge in [-0.1, -0.05) is 41.4 Å². The quantitative estimate of drug-likeness (QED) is 0.515. The minimum Gasteiger partial charge on any atom is -0.463 e. The summed E-state index contributed by atoms with van der Waals surface area (Å²) in [5, 5.41) is 3.74. The first kappa shape index (κ1) is 27.4. The molecule has 1 atom stereocenters. The van der Waals surface area contributed by atoms with Gasteiger partial charge in [0.25, 0.3) is 0 Å². The van der Waals surface area contributed by atoms with Gasteiger partial charge in [-0.3, -0.25) is 9.80 Å². The average Bonchev–Trinajstić information content (AvgIpc) is 2.87. The number of hydrogen-bond donors (Lipinski definition) is 1. The van der Waals surface area contributed by atoms with Crippen LogP contribution in [-0.4, -0.2) is 80.9 Å². The third kappa shape index (κ3) is 5.78. The Morgan fingerprint density at radius 2 is 1.70 bits per heavy atom. The van der Waals surface area contributed by atoms with Crippen LogP contribution in [0.1, 0.15) is 18.5 Å². The molecule has 0 spiro atoms. The fourth-order valence-electron chi connectivity index (χ4n) is 4.44. The average molecular weight is 567 g/mol. The molecule has 0 radical (unpaired) electrons. The van der Waals surface area contributed by atoms with Gasteiger partial charge in [0.2, 0.25) is 10.0 Å². The number of carbonyl (C=O) groups excluding carboxylic acids is 2. The lowest BCUT2D eigenvalue weighted by atomic mass is 9.94. The van der Waals surface area contributed by atoms with Gasteiger partial charge in [-0.05, 0) is 42.8 Å². The molecule has 37 heavy (non-hydrogen) atoms. The van der Waals surface area contributed by atoms with Crippen molar-refractivity contribution in [2.75, 3.05) is 46.4 Å². The second kappa shape index (κ2) is 11.4. The number of nitrogens with zero attached hydrogens (tertiary/aromatic N) is 3. The number of likely N-dealkylation sites (N-methyl/N-ethyl adjacent to an activating group) is 1. The highest BCUT2D eigenvalue weighted by atomic mass is 35.5. The van der Waals surface area contributed by atoms with Gasteiger partial charge in [0.15, 0.2) is 0 Å². The van der Waals surface area contributed by atoms with Crippen molar-refractivity contribution < 1.29 is 22.7 Å². The Kier molecular flexibility index (Phi) is 8.45. The Labute approximate surface area is 226 Å². The standard InChI is InChI=1S/C25H28Cl2N4O5S/c1-3-36-24(32)22-21(29(2)25(33)28-23(22)19-6-4-5-7-20(19)27)16-30-12-14-31(15-13-30)37(34,35)18-10-8-17(26)9-11-18/h4-11,23H,3,12-16H2,1-2H3,(H,28,33)/t23-/m1/s1. The molecular weight excluding hydrogens is 539 g/mol. The number of nitrogens with one attached hydrogen (secondary N) is 1. The number of rotatable bonds is 7. The van der Waals surface area contributed by atoms with Crippen LogP contribution in [0.4, 0.5) is 4.79 Å². The van der Waals surface area contributed by atoms with E-state index in [-0.39, 0.29) is 37.2 Å². The second-order valence-corrected chi connectivity index (χ2v) is 11.5. The lowest BCUT2D eigenvalue weighted by molar-refractivity contribution is -0.139. The molecule has 2 aromatic carbocycles. The molecule has 0 aromatic heterocycles. The molecule has 1 N–H and O–H groups in total. The van der Waals surface area contributed by atoms with Gasteiger partial charge in [-0.2, -0.15) is 4.31 Å². The Morgan fingerprint density at radius 3 is 2.32 bits per heavy atom. The first-order chi connectivity index (χ1) is 17.6. The van der Waals surface area contributed by atoms with Crippen molar-refractivity contribution in [1.29, 1.82) is 0 Å². The van der Waals surface area contributed by atoms with Crippen LogP contribution in [0.2, 0.25) is 10.0 Å². The van der Waals surface area contributed by atoms with Crippen molar-refractivity contribution in [3.8, 4) is 0 Å². The molecule has 0 unspecified atom stereocenters. The van der Waals surface area contributed by atoms with Gasteiger partial charge in [0.05, 0.1) is 23.1 Å². The summed E-state index contributed by atoms with van der Waals surface area (Å²) in [5.74, 6) is -0.543. The van der Waals surface area contributed by atoms with Crippen molar-refractivity contribution >= 4 is 45.2 Å². The molecule has 2 aromatic rings. The minimum absolute atomic E-state index is 0.170. The Hall–Kier alpha value is -2.63. The summed E-state index contributed by atoms with van der Waals surface area (Å²) in [6.07, 6.45) is 0. The van der Waals surface area contributed by atoms with Gasteiger partial charge >= 0.3 is 12.0 Å². The number of ether oxygens (including phenoxy) is 1. The van der Waals surface area contributed by atoms with Gasteiger partial charge in [-0.25, -0.2) is 18.0 Å². The zero-order valence-corrected chi connectivity index (χ0v) is 22.8. The Morgan fingerprint density at radius 1 is 1.05 bits per heavy atom. The van der Waals surface area contributed by atoms with Crippen LogP contribution >= 0.6 is 23.2 Å². The lowest BCUT2D eigenvalue weighted by Gasteiger charge is -2.39. The van der Waals surface area contributed by atoms with Gasteiger partial charge in [0, 0.05) is 55.5 Å².